The van der Waals surface area contributed by atoms with Crippen LogP contribution in [0, 0.1) is 6.92 Å². The Hall–Kier alpha value is -2.86. The van der Waals surface area contributed by atoms with Gasteiger partial charge in [-0.1, -0.05) is 65.9 Å². The lowest BCUT2D eigenvalue weighted by Gasteiger charge is -2.29. The van der Waals surface area contributed by atoms with E-state index >= 15 is 0 Å². The van der Waals surface area contributed by atoms with Crippen molar-refractivity contribution in [1.82, 2.24) is 14.8 Å². The molecular formula is C23H24N4OS. The van der Waals surface area contributed by atoms with Crippen LogP contribution < -0.4 is 4.90 Å². The van der Waals surface area contributed by atoms with Gasteiger partial charge < -0.3 is 4.90 Å². The first kappa shape index (κ1) is 19.5. The number of allylic oxidation sites excluding steroid dienone is 1. The van der Waals surface area contributed by atoms with Crippen molar-refractivity contribution in [2.45, 2.75) is 31.5 Å². The molecule has 0 saturated carbocycles. The van der Waals surface area contributed by atoms with Crippen LogP contribution in [0.1, 0.15) is 17.5 Å². The minimum absolute atomic E-state index is 0.104. The van der Waals surface area contributed by atoms with Crippen molar-refractivity contribution in [3.05, 3.63) is 72.3 Å². The third-order valence-corrected chi connectivity index (χ3v) is 6.03. The molecule has 6 heteroatoms. The summed E-state index contributed by atoms with van der Waals surface area (Å²) >= 11 is 1.43. The summed E-state index contributed by atoms with van der Waals surface area (Å²) in [7, 11) is 0. The van der Waals surface area contributed by atoms with Gasteiger partial charge in [0.1, 0.15) is 0 Å². The van der Waals surface area contributed by atoms with Crippen LogP contribution in [0.25, 0.3) is 11.4 Å². The third kappa shape index (κ3) is 4.12. The van der Waals surface area contributed by atoms with E-state index in [2.05, 4.69) is 41.9 Å². The number of carbonyl (C=O) groups excluding carboxylic acids is 1. The number of fused-ring (bicyclic) bond motifs is 1. The number of rotatable bonds is 6. The molecule has 148 valence electrons. The Kier molecular flexibility index (Phi) is 5.81. The highest BCUT2D eigenvalue weighted by molar-refractivity contribution is 7.99. The van der Waals surface area contributed by atoms with Gasteiger partial charge in [-0.25, -0.2) is 0 Å². The summed E-state index contributed by atoms with van der Waals surface area (Å²) in [6.07, 6.45) is 3.85. The van der Waals surface area contributed by atoms with E-state index < -0.39 is 0 Å². The number of aryl methyl sites for hydroxylation is 2. The zero-order valence-electron chi connectivity index (χ0n) is 16.5. The molecule has 5 nitrogen and oxygen atoms in total. The van der Waals surface area contributed by atoms with E-state index in [-0.39, 0.29) is 5.91 Å². The molecule has 1 aliphatic rings. The van der Waals surface area contributed by atoms with Crippen molar-refractivity contribution < 1.29 is 4.79 Å². The smallest absolute Gasteiger partial charge is 0.237 e. The maximum Gasteiger partial charge on any atom is 0.237 e. The van der Waals surface area contributed by atoms with E-state index in [1.54, 1.807) is 0 Å². The average Bonchev–Trinajstić information content (AvgIpc) is 3.15. The van der Waals surface area contributed by atoms with Gasteiger partial charge in [0.25, 0.3) is 0 Å². The Morgan fingerprint density at radius 1 is 1.17 bits per heavy atom. The molecule has 4 rings (SSSR count). The second-order valence-corrected chi connectivity index (χ2v) is 8.08. The molecule has 0 spiro atoms. The van der Waals surface area contributed by atoms with Gasteiger partial charge in [-0.2, -0.15) is 0 Å². The predicted molar refractivity (Wildman–Crippen MR) is 118 cm³/mol. The molecule has 29 heavy (non-hydrogen) atoms. The van der Waals surface area contributed by atoms with Crippen LogP contribution in [0.2, 0.25) is 0 Å². The van der Waals surface area contributed by atoms with Crippen molar-refractivity contribution in [2.75, 3.05) is 17.2 Å². The summed E-state index contributed by atoms with van der Waals surface area (Å²) in [5.74, 6) is 1.23. The quantitative estimate of drug-likeness (QED) is 0.448. The number of hydrogen-bond donors (Lipinski definition) is 0. The van der Waals surface area contributed by atoms with Gasteiger partial charge in [0.15, 0.2) is 11.0 Å². The van der Waals surface area contributed by atoms with Crippen molar-refractivity contribution in [3.63, 3.8) is 0 Å². The van der Waals surface area contributed by atoms with E-state index in [9.17, 15) is 4.79 Å². The summed E-state index contributed by atoms with van der Waals surface area (Å²) < 4.78 is 2.01. The minimum atomic E-state index is 0.104. The molecule has 0 fully saturated rings. The summed E-state index contributed by atoms with van der Waals surface area (Å²) in [6, 6.07) is 16.4. The van der Waals surface area contributed by atoms with E-state index in [0.29, 0.717) is 12.3 Å². The van der Waals surface area contributed by atoms with Gasteiger partial charge in [-0.05, 0) is 31.4 Å². The molecule has 3 aromatic rings. The zero-order chi connectivity index (χ0) is 20.2. The first-order chi connectivity index (χ1) is 14.2. The molecule has 0 atom stereocenters. The van der Waals surface area contributed by atoms with Crippen LogP contribution in [-0.2, 0) is 17.8 Å². The second-order valence-electron chi connectivity index (χ2n) is 7.14. The molecule has 2 aromatic carbocycles. The van der Waals surface area contributed by atoms with E-state index in [1.165, 1.54) is 22.9 Å². The maximum absolute atomic E-state index is 12.9. The van der Waals surface area contributed by atoms with E-state index in [1.807, 2.05) is 45.9 Å². The fraction of sp³-hybridized carbons (Fsp3) is 0.261. The molecule has 1 amide bonds. The highest BCUT2D eigenvalue weighted by Crippen LogP contribution is 2.29. The number of carbonyl (C=O) groups is 1. The molecule has 1 aromatic heterocycles. The van der Waals surface area contributed by atoms with Crippen LogP contribution in [0.5, 0.6) is 0 Å². The number of thioether (sulfide) groups is 1. The summed E-state index contributed by atoms with van der Waals surface area (Å²) in [4.78, 5) is 14.8. The summed E-state index contributed by atoms with van der Waals surface area (Å²) in [6.45, 7) is 7.28. The van der Waals surface area contributed by atoms with Crippen molar-refractivity contribution >= 4 is 23.4 Å². The fourth-order valence-corrected chi connectivity index (χ4v) is 4.43. The number of anilines is 1. The monoisotopic (exact) mass is 404 g/mol. The number of amides is 1. The predicted octanol–water partition coefficient (Wildman–Crippen LogP) is 4.51. The maximum atomic E-state index is 12.9. The lowest BCUT2D eigenvalue weighted by Crippen LogP contribution is -2.36. The van der Waals surface area contributed by atoms with Crippen molar-refractivity contribution in [1.29, 1.82) is 0 Å². The molecule has 0 unspecified atom stereocenters. The lowest BCUT2D eigenvalue weighted by atomic mass is 10.0. The van der Waals surface area contributed by atoms with Crippen LogP contribution in [0.3, 0.4) is 0 Å². The normalized spacial score (nSPS) is 13.2. The molecule has 0 saturated heterocycles. The third-order valence-electron chi connectivity index (χ3n) is 5.07. The standard InChI is InChI=1S/C23H24N4OS/c1-3-14-27-22(19-12-10-17(2)11-13-19)24-25-23(27)29-16-21(28)26-15-6-8-18-7-4-5-9-20(18)26/h3-5,7,9-13H,1,6,8,14-16H2,2H3. The van der Waals surface area contributed by atoms with Gasteiger partial charge in [-0.15, -0.1) is 16.8 Å². The SMILES string of the molecule is C=CCn1c(SCC(=O)N2CCCc3ccccc32)nnc1-c1ccc(C)cc1. The number of benzene rings is 2. The van der Waals surface area contributed by atoms with E-state index in [4.69, 9.17) is 0 Å². The van der Waals surface area contributed by atoms with Gasteiger partial charge in [0.05, 0.1) is 5.75 Å². The van der Waals surface area contributed by atoms with Gasteiger partial charge in [0, 0.05) is 24.3 Å². The number of nitrogens with zero attached hydrogens (tertiary/aromatic N) is 4. The van der Waals surface area contributed by atoms with Gasteiger partial charge in [-0.3, -0.25) is 9.36 Å². The molecule has 0 aliphatic carbocycles. The Bertz CT molecular complexity index is 1030. The Morgan fingerprint density at radius 3 is 2.76 bits per heavy atom. The number of aromatic nitrogens is 3. The number of para-hydroxylation sites is 1. The fourth-order valence-electron chi connectivity index (χ4n) is 3.60. The van der Waals surface area contributed by atoms with Gasteiger partial charge >= 0.3 is 0 Å². The molecule has 0 bridgehead atoms. The number of hydrogen-bond acceptors (Lipinski definition) is 4. The topological polar surface area (TPSA) is 51.0 Å². The van der Waals surface area contributed by atoms with Crippen LogP contribution in [0.4, 0.5) is 5.69 Å². The van der Waals surface area contributed by atoms with E-state index in [0.717, 1.165) is 41.6 Å². The lowest BCUT2D eigenvalue weighted by molar-refractivity contribution is -0.116. The first-order valence-corrected chi connectivity index (χ1v) is 10.8. The molecule has 0 N–H and O–H groups in total. The minimum Gasteiger partial charge on any atom is -0.311 e. The van der Waals surface area contributed by atoms with Gasteiger partial charge in [0.2, 0.25) is 5.91 Å². The molecular weight excluding hydrogens is 380 g/mol. The summed E-state index contributed by atoms with van der Waals surface area (Å²) in [5.41, 5.74) is 4.49. The molecule has 1 aliphatic heterocycles. The van der Waals surface area contributed by atoms with Crippen LogP contribution >= 0.6 is 11.8 Å². The molecule has 2 heterocycles. The second kappa shape index (κ2) is 8.66. The highest BCUT2D eigenvalue weighted by Gasteiger charge is 2.23. The highest BCUT2D eigenvalue weighted by atomic mass is 32.2. The average molecular weight is 405 g/mol. The Morgan fingerprint density at radius 2 is 1.97 bits per heavy atom. The summed E-state index contributed by atoms with van der Waals surface area (Å²) in [5, 5.41) is 9.47. The van der Waals surface area contributed by atoms with Crippen LogP contribution in [-0.4, -0.2) is 33.0 Å². The van der Waals surface area contributed by atoms with Crippen molar-refractivity contribution in [2.24, 2.45) is 0 Å². The van der Waals surface area contributed by atoms with Crippen molar-refractivity contribution in [3.8, 4) is 11.4 Å². The molecule has 0 radical (unpaired) electrons. The zero-order valence-corrected chi connectivity index (χ0v) is 17.4. The largest absolute Gasteiger partial charge is 0.311 e. The first-order valence-electron chi connectivity index (χ1n) is 9.79. The Balaban J connectivity index is 1.52. The van der Waals surface area contributed by atoms with Crippen LogP contribution in [0.15, 0.2) is 66.3 Å². The Labute approximate surface area is 175 Å².